The molecule has 1 amide bonds. The van der Waals surface area contributed by atoms with E-state index in [0.29, 0.717) is 36.7 Å². The van der Waals surface area contributed by atoms with Gasteiger partial charge in [0.15, 0.2) is 5.65 Å². The molecular formula is C28H31N7O3. The monoisotopic (exact) mass is 513 g/mol. The molecule has 1 saturated carbocycles. The summed E-state index contributed by atoms with van der Waals surface area (Å²) in [6, 6.07) is 12.6. The quantitative estimate of drug-likeness (QED) is 0.282. The number of fused-ring (bicyclic) bond motifs is 3. The highest BCUT2D eigenvalue weighted by Gasteiger charge is 2.32. The largest absolute Gasteiger partial charge is 0.338 e. The summed E-state index contributed by atoms with van der Waals surface area (Å²) >= 11 is 0. The minimum absolute atomic E-state index is 0.0345. The zero-order valence-corrected chi connectivity index (χ0v) is 21.7. The molecule has 38 heavy (non-hydrogen) atoms. The van der Waals surface area contributed by atoms with Crippen molar-refractivity contribution in [3.05, 3.63) is 69.5 Å². The van der Waals surface area contributed by atoms with Crippen molar-refractivity contribution in [3.8, 4) is 0 Å². The fourth-order valence-corrected chi connectivity index (χ4v) is 5.97. The van der Waals surface area contributed by atoms with E-state index in [0.717, 1.165) is 41.2 Å². The summed E-state index contributed by atoms with van der Waals surface area (Å²) in [6.45, 7) is 5.35. The van der Waals surface area contributed by atoms with E-state index in [2.05, 4.69) is 19.5 Å². The number of para-hydroxylation sites is 1. The van der Waals surface area contributed by atoms with Crippen LogP contribution in [0.25, 0.3) is 16.6 Å². The maximum Gasteiger partial charge on any atom is 0.273 e. The molecule has 0 unspecified atom stereocenters. The first kappa shape index (κ1) is 24.3. The number of amides is 1. The lowest BCUT2D eigenvalue weighted by Crippen LogP contribution is -2.54. The van der Waals surface area contributed by atoms with Gasteiger partial charge in [-0.2, -0.15) is 0 Å². The van der Waals surface area contributed by atoms with Crippen molar-refractivity contribution in [3.63, 3.8) is 0 Å². The molecule has 0 bridgehead atoms. The van der Waals surface area contributed by atoms with Crippen molar-refractivity contribution >= 4 is 34.1 Å². The number of hydrogen-bond acceptors (Lipinski definition) is 7. The van der Waals surface area contributed by atoms with Crippen LogP contribution in [0.3, 0.4) is 0 Å². The minimum atomic E-state index is -0.437. The van der Waals surface area contributed by atoms with Crippen molar-refractivity contribution in [1.29, 1.82) is 0 Å². The first-order valence-corrected chi connectivity index (χ1v) is 13.4. The normalized spacial score (nSPS) is 18.8. The molecule has 0 radical (unpaired) electrons. The number of piperazine rings is 1. The number of rotatable bonds is 4. The Bertz CT molecular complexity index is 1540. The van der Waals surface area contributed by atoms with E-state index in [1.54, 1.807) is 24.0 Å². The molecule has 196 valence electrons. The minimum Gasteiger partial charge on any atom is -0.338 e. The number of hydrogen-bond donors (Lipinski definition) is 0. The topological polar surface area (TPSA) is 110 Å². The van der Waals surface area contributed by atoms with Crippen LogP contribution in [0.1, 0.15) is 66.7 Å². The molecule has 10 nitrogen and oxygen atoms in total. The molecule has 1 aliphatic heterocycles. The molecule has 1 atom stereocenters. The summed E-state index contributed by atoms with van der Waals surface area (Å²) < 4.78 is 2.14. The predicted molar refractivity (Wildman–Crippen MR) is 145 cm³/mol. The van der Waals surface area contributed by atoms with Gasteiger partial charge in [0, 0.05) is 54.2 Å². The van der Waals surface area contributed by atoms with E-state index in [9.17, 15) is 14.9 Å². The molecule has 2 aromatic heterocycles. The Hall–Kier alpha value is -4.08. The second-order valence-corrected chi connectivity index (χ2v) is 10.5. The maximum atomic E-state index is 13.4. The number of benzene rings is 2. The Morgan fingerprint density at radius 2 is 1.84 bits per heavy atom. The van der Waals surface area contributed by atoms with Crippen molar-refractivity contribution < 1.29 is 9.72 Å². The Balaban J connectivity index is 1.34. The molecular weight excluding hydrogens is 482 g/mol. The van der Waals surface area contributed by atoms with E-state index < -0.39 is 4.92 Å². The second kappa shape index (κ2) is 9.66. The van der Waals surface area contributed by atoms with Gasteiger partial charge in [-0.05, 0) is 44.9 Å². The van der Waals surface area contributed by atoms with Gasteiger partial charge in [-0.25, -0.2) is 9.38 Å². The highest BCUT2D eigenvalue weighted by Crippen LogP contribution is 2.35. The summed E-state index contributed by atoms with van der Waals surface area (Å²) in [4.78, 5) is 33.5. The molecule has 2 aliphatic rings. The highest BCUT2D eigenvalue weighted by molar-refractivity contribution is 5.95. The van der Waals surface area contributed by atoms with E-state index in [-0.39, 0.29) is 17.6 Å². The van der Waals surface area contributed by atoms with E-state index >= 15 is 0 Å². The fourth-order valence-electron chi connectivity index (χ4n) is 5.97. The molecule has 1 aliphatic carbocycles. The van der Waals surface area contributed by atoms with Crippen LogP contribution in [0.2, 0.25) is 0 Å². The first-order valence-electron chi connectivity index (χ1n) is 13.4. The summed E-state index contributed by atoms with van der Waals surface area (Å²) in [7, 11) is 0. The fraction of sp³-hybridized carbons (Fsp3) is 0.429. The van der Waals surface area contributed by atoms with Crippen LogP contribution in [-0.4, -0.2) is 61.0 Å². The summed E-state index contributed by atoms with van der Waals surface area (Å²) in [6.07, 6.45) is 5.87. The summed E-state index contributed by atoms with van der Waals surface area (Å²) in [5.41, 5.74) is 2.54. The third-order valence-electron chi connectivity index (χ3n) is 8.05. The molecule has 1 saturated heterocycles. The third-order valence-corrected chi connectivity index (χ3v) is 8.05. The Morgan fingerprint density at radius 1 is 1.05 bits per heavy atom. The number of carbonyl (C=O) groups excluding carboxylic acids is 1. The summed E-state index contributed by atoms with van der Waals surface area (Å²) in [5, 5.41) is 21.7. The van der Waals surface area contributed by atoms with Gasteiger partial charge < -0.3 is 9.80 Å². The van der Waals surface area contributed by atoms with Crippen LogP contribution >= 0.6 is 0 Å². The maximum absolute atomic E-state index is 13.4. The number of nitro groups is 1. The number of aryl methyl sites for hydroxylation is 1. The highest BCUT2D eigenvalue weighted by atomic mass is 16.6. The number of carbonyl (C=O) groups is 1. The van der Waals surface area contributed by atoms with Gasteiger partial charge in [0.2, 0.25) is 5.95 Å². The average Bonchev–Trinajstić information content (AvgIpc) is 3.38. The van der Waals surface area contributed by atoms with Crippen LogP contribution in [0.4, 0.5) is 11.6 Å². The SMILES string of the molecule is Cc1ccc(C(=O)N2CCN(c3nc4ccccc4c4nnc(C5CCCCC5)n34)C[C@H]2C)cc1[N+](=O)[O-]. The second-order valence-electron chi connectivity index (χ2n) is 10.5. The number of anilines is 1. The predicted octanol–water partition coefficient (Wildman–Crippen LogP) is 4.89. The molecule has 0 N–H and O–H groups in total. The van der Waals surface area contributed by atoms with Crippen LogP contribution < -0.4 is 4.90 Å². The first-order chi connectivity index (χ1) is 18.4. The number of nitro benzene ring substituents is 1. The molecule has 2 fully saturated rings. The molecule has 10 heteroatoms. The molecule has 2 aromatic carbocycles. The van der Waals surface area contributed by atoms with Gasteiger partial charge in [-0.3, -0.25) is 14.9 Å². The lowest BCUT2D eigenvalue weighted by Gasteiger charge is -2.40. The number of nitrogens with zero attached hydrogens (tertiary/aromatic N) is 7. The van der Waals surface area contributed by atoms with Gasteiger partial charge in [0.1, 0.15) is 5.82 Å². The van der Waals surface area contributed by atoms with Crippen molar-refractivity contribution in [1.82, 2.24) is 24.5 Å². The van der Waals surface area contributed by atoms with Crippen molar-refractivity contribution in [2.45, 2.75) is 57.9 Å². The van der Waals surface area contributed by atoms with Crippen LogP contribution in [-0.2, 0) is 0 Å². The van der Waals surface area contributed by atoms with Crippen molar-refractivity contribution in [2.24, 2.45) is 0 Å². The van der Waals surface area contributed by atoms with Crippen LogP contribution in [0.5, 0.6) is 0 Å². The zero-order chi connectivity index (χ0) is 26.4. The Morgan fingerprint density at radius 3 is 2.61 bits per heavy atom. The molecule has 6 rings (SSSR count). The van der Waals surface area contributed by atoms with E-state index in [4.69, 9.17) is 4.98 Å². The Kier molecular flexibility index (Phi) is 6.17. The third kappa shape index (κ3) is 4.13. The van der Waals surface area contributed by atoms with Crippen LogP contribution in [0.15, 0.2) is 42.5 Å². The lowest BCUT2D eigenvalue weighted by atomic mass is 9.89. The standard InChI is InChI=1S/C28H31N7O3/c1-18-12-13-21(16-24(18)35(37)38)27(36)33-15-14-32(17-19(33)2)28-29-23-11-7-6-10-22(23)26-31-30-25(34(26)28)20-8-4-3-5-9-20/h6-7,10-13,16,19-20H,3-5,8-9,14-15,17H2,1-2H3/t19-/m1/s1. The molecule has 4 aromatic rings. The van der Waals surface area contributed by atoms with Gasteiger partial charge >= 0.3 is 0 Å². The van der Waals surface area contributed by atoms with Gasteiger partial charge in [-0.15, -0.1) is 10.2 Å². The van der Waals surface area contributed by atoms with Gasteiger partial charge in [0.05, 0.1) is 10.4 Å². The summed E-state index contributed by atoms with van der Waals surface area (Å²) in [5.74, 6) is 1.96. The molecule has 0 spiro atoms. The smallest absolute Gasteiger partial charge is 0.273 e. The Labute approximate surface area is 220 Å². The van der Waals surface area contributed by atoms with Crippen molar-refractivity contribution in [2.75, 3.05) is 24.5 Å². The van der Waals surface area contributed by atoms with E-state index in [1.165, 1.54) is 25.3 Å². The number of aromatic nitrogens is 4. The zero-order valence-electron chi connectivity index (χ0n) is 21.7. The average molecular weight is 514 g/mol. The van der Waals surface area contributed by atoms with Crippen LogP contribution in [0, 0.1) is 17.0 Å². The lowest BCUT2D eigenvalue weighted by molar-refractivity contribution is -0.385. The molecule has 3 heterocycles. The van der Waals surface area contributed by atoms with Gasteiger partial charge in [-0.1, -0.05) is 37.5 Å². The van der Waals surface area contributed by atoms with Gasteiger partial charge in [0.25, 0.3) is 11.6 Å². The van der Waals surface area contributed by atoms with E-state index in [1.807, 2.05) is 31.2 Å².